The van der Waals surface area contributed by atoms with Crippen molar-refractivity contribution in [2.75, 3.05) is 13.3 Å². The Morgan fingerprint density at radius 1 is 1.38 bits per heavy atom. The first-order valence-electron chi connectivity index (χ1n) is 4.09. The van der Waals surface area contributed by atoms with E-state index < -0.39 is 0 Å². The SMILES string of the molecule is NCCc1cc(Br)c2c(c1)OCO2. The van der Waals surface area contributed by atoms with Crippen LogP contribution >= 0.6 is 15.9 Å². The number of hydrogen-bond donors (Lipinski definition) is 1. The van der Waals surface area contributed by atoms with E-state index in [1.807, 2.05) is 12.1 Å². The van der Waals surface area contributed by atoms with E-state index in [2.05, 4.69) is 15.9 Å². The molecule has 0 aromatic heterocycles. The molecule has 2 N–H and O–H groups in total. The van der Waals surface area contributed by atoms with Crippen molar-refractivity contribution in [1.29, 1.82) is 0 Å². The molecule has 3 nitrogen and oxygen atoms in total. The van der Waals surface area contributed by atoms with Gasteiger partial charge in [-0.2, -0.15) is 0 Å². The first kappa shape index (κ1) is 8.84. The highest BCUT2D eigenvalue weighted by molar-refractivity contribution is 9.10. The van der Waals surface area contributed by atoms with Gasteiger partial charge in [0.15, 0.2) is 11.5 Å². The predicted octanol–water partition coefficient (Wildman–Crippen LogP) is 1.68. The summed E-state index contributed by atoms with van der Waals surface area (Å²) in [6.45, 7) is 0.950. The van der Waals surface area contributed by atoms with E-state index in [1.165, 1.54) is 5.56 Å². The van der Waals surface area contributed by atoms with Gasteiger partial charge in [0.25, 0.3) is 0 Å². The minimum Gasteiger partial charge on any atom is -0.454 e. The number of benzene rings is 1. The van der Waals surface area contributed by atoms with E-state index in [0.29, 0.717) is 13.3 Å². The Labute approximate surface area is 85.0 Å². The fraction of sp³-hybridized carbons (Fsp3) is 0.333. The third-order valence-electron chi connectivity index (χ3n) is 1.92. The molecule has 0 fully saturated rings. The fourth-order valence-electron chi connectivity index (χ4n) is 1.33. The molecule has 1 aromatic rings. The average Bonchev–Trinajstić information content (AvgIpc) is 2.53. The molecule has 0 radical (unpaired) electrons. The quantitative estimate of drug-likeness (QED) is 0.860. The summed E-state index contributed by atoms with van der Waals surface area (Å²) in [5.41, 5.74) is 6.63. The molecule has 0 bridgehead atoms. The summed E-state index contributed by atoms with van der Waals surface area (Å²) < 4.78 is 11.5. The van der Waals surface area contributed by atoms with Gasteiger partial charge in [0.05, 0.1) is 4.47 Å². The molecular weight excluding hydrogens is 234 g/mol. The van der Waals surface area contributed by atoms with Gasteiger partial charge in [-0.1, -0.05) is 0 Å². The number of rotatable bonds is 2. The smallest absolute Gasteiger partial charge is 0.231 e. The zero-order valence-corrected chi connectivity index (χ0v) is 8.63. The molecule has 0 saturated carbocycles. The van der Waals surface area contributed by atoms with Crippen LogP contribution in [0.2, 0.25) is 0 Å². The lowest BCUT2D eigenvalue weighted by Gasteiger charge is -2.03. The van der Waals surface area contributed by atoms with Crippen molar-refractivity contribution in [2.24, 2.45) is 5.73 Å². The molecule has 1 heterocycles. The van der Waals surface area contributed by atoms with Gasteiger partial charge >= 0.3 is 0 Å². The van der Waals surface area contributed by atoms with Crippen LogP contribution in [0.5, 0.6) is 11.5 Å². The molecule has 1 aliphatic heterocycles. The topological polar surface area (TPSA) is 44.5 Å². The zero-order valence-electron chi connectivity index (χ0n) is 7.05. The van der Waals surface area contributed by atoms with Crippen molar-refractivity contribution in [1.82, 2.24) is 0 Å². The monoisotopic (exact) mass is 243 g/mol. The van der Waals surface area contributed by atoms with Crippen LogP contribution in [0.4, 0.5) is 0 Å². The number of ether oxygens (including phenoxy) is 2. The summed E-state index contributed by atoms with van der Waals surface area (Å²) in [5, 5.41) is 0. The highest BCUT2D eigenvalue weighted by atomic mass is 79.9. The van der Waals surface area contributed by atoms with E-state index in [1.54, 1.807) is 0 Å². The van der Waals surface area contributed by atoms with E-state index >= 15 is 0 Å². The van der Waals surface area contributed by atoms with E-state index in [4.69, 9.17) is 15.2 Å². The summed E-state index contributed by atoms with van der Waals surface area (Å²) in [6.07, 6.45) is 0.856. The van der Waals surface area contributed by atoms with Crippen molar-refractivity contribution in [3.05, 3.63) is 22.2 Å². The molecule has 0 aliphatic carbocycles. The Balaban J connectivity index is 2.37. The summed E-state index contributed by atoms with van der Waals surface area (Å²) >= 11 is 3.42. The molecule has 1 aliphatic rings. The fourth-order valence-corrected chi connectivity index (χ4v) is 1.94. The first-order valence-corrected chi connectivity index (χ1v) is 4.88. The Bertz CT molecular complexity index is 328. The molecular formula is C9H10BrNO2. The molecule has 13 heavy (non-hydrogen) atoms. The summed E-state index contributed by atoms with van der Waals surface area (Å²) in [5.74, 6) is 1.60. The largest absolute Gasteiger partial charge is 0.454 e. The van der Waals surface area contributed by atoms with Crippen molar-refractivity contribution >= 4 is 15.9 Å². The number of halogens is 1. The molecule has 0 saturated heterocycles. The number of fused-ring (bicyclic) bond motifs is 1. The number of nitrogens with two attached hydrogens (primary N) is 1. The maximum atomic E-state index is 5.47. The Hall–Kier alpha value is -0.740. The summed E-state index contributed by atoms with van der Waals surface area (Å²) in [6, 6.07) is 3.99. The molecule has 4 heteroatoms. The van der Waals surface area contributed by atoms with Crippen LogP contribution in [0.3, 0.4) is 0 Å². The second kappa shape index (κ2) is 3.55. The van der Waals surface area contributed by atoms with Crippen LogP contribution < -0.4 is 15.2 Å². The standard InChI is InChI=1S/C9H10BrNO2/c10-7-3-6(1-2-11)4-8-9(7)13-5-12-8/h3-4H,1-2,5,11H2. The molecule has 0 spiro atoms. The zero-order chi connectivity index (χ0) is 9.26. The van der Waals surface area contributed by atoms with Crippen molar-refractivity contribution in [3.8, 4) is 11.5 Å². The van der Waals surface area contributed by atoms with Gasteiger partial charge in [0.1, 0.15) is 0 Å². The lowest BCUT2D eigenvalue weighted by atomic mass is 10.1. The predicted molar refractivity (Wildman–Crippen MR) is 53.0 cm³/mol. The number of hydrogen-bond acceptors (Lipinski definition) is 3. The van der Waals surface area contributed by atoms with Crippen LogP contribution in [-0.2, 0) is 6.42 Å². The van der Waals surface area contributed by atoms with E-state index in [-0.39, 0.29) is 0 Å². The average molecular weight is 244 g/mol. The van der Waals surface area contributed by atoms with E-state index in [0.717, 1.165) is 22.4 Å². The molecule has 0 unspecified atom stereocenters. The molecule has 2 rings (SSSR count). The Kier molecular flexibility index (Phi) is 2.42. The van der Waals surface area contributed by atoms with Crippen LogP contribution in [0.15, 0.2) is 16.6 Å². The van der Waals surface area contributed by atoms with Crippen molar-refractivity contribution < 1.29 is 9.47 Å². The van der Waals surface area contributed by atoms with Crippen LogP contribution in [0.25, 0.3) is 0 Å². The van der Waals surface area contributed by atoms with Gasteiger partial charge < -0.3 is 15.2 Å². The van der Waals surface area contributed by atoms with E-state index in [9.17, 15) is 0 Å². The summed E-state index contributed by atoms with van der Waals surface area (Å²) in [4.78, 5) is 0. The Morgan fingerprint density at radius 2 is 2.23 bits per heavy atom. The Morgan fingerprint density at radius 3 is 3.00 bits per heavy atom. The van der Waals surface area contributed by atoms with Gasteiger partial charge in [0, 0.05) is 0 Å². The van der Waals surface area contributed by atoms with Crippen molar-refractivity contribution in [2.45, 2.75) is 6.42 Å². The van der Waals surface area contributed by atoms with Crippen molar-refractivity contribution in [3.63, 3.8) is 0 Å². The first-order chi connectivity index (χ1) is 6.31. The minimum absolute atomic E-state index is 0.306. The minimum atomic E-state index is 0.306. The second-order valence-corrected chi connectivity index (χ2v) is 3.70. The van der Waals surface area contributed by atoms with Gasteiger partial charge in [0.2, 0.25) is 6.79 Å². The van der Waals surface area contributed by atoms with Crippen LogP contribution in [-0.4, -0.2) is 13.3 Å². The second-order valence-electron chi connectivity index (χ2n) is 2.85. The maximum Gasteiger partial charge on any atom is 0.231 e. The van der Waals surface area contributed by atoms with Gasteiger partial charge in [-0.3, -0.25) is 0 Å². The maximum absolute atomic E-state index is 5.47. The van der Waals surface area contributed by atoms with Gasteiger partial charge in [-0.25, -0.2) is 0 Å². The van der Waals surface area contributed by atoms with Gasteiger partial charge in [-0.05, 0) is 46.6 Å². The molecule has 70 valence electrons. The third kappa shape index (κ3) is 1.64. The molecule has 0 amide bonds. The van der Waals surface area contributed by atoms with Gasteiger partial charge in [-0.15, -0.1) is 0 Å². The lowest BCUT2D eigenvalue weighted by molar-refractivity contribution is 0.173. The normalized spacial score (nSPS) is 13.4. The third-order valence-corrected chi connectivity index (χ3v) is 2.51. The highest BCUT2D eigenvalue weighted by Crippen LogP contribution is 2.39. The molecule has 1 aromatic carbocycles. The summed E-state index contributed by atoms with van der Waals surface area (Å²) in [7, 11) is 0. The molecule has 0 atom stereocenters. The van der Waals surface area contributed by atoms with Crippen LogP contribution in [0.1, 0.15) is 5.56 Å². The lowest BCUT2D eigenvalue weighted by Crippen LogP contribution is -2.02. The van der Waals surface area contributed by atoms with Crippen LogP contribution in [0, 0.1) is 0 Å². The highest BCUT2D eigenvalue weighted by Gasteiger charge is 2.17.